The molecular formula is C40H32O14. The molecule has 14 nitrogen and oxygen atoms in total. The van der Waals surface area contributed by atoms with E-state index in [2.05, 4.69) is 32.1 Å². The Morgan fingerprint density at radius 3 is 1.20 bits per heavy atom. The first-order chi connectivity index (χ1) is 25.8. The van der Waals surface area contributed by atoms with E-state index in [-0.39, 0.29) is 39.7 Å². The SMILES string of the molecule is C=C(C)C(=O)OCOC(=O)Oc1ccc(C(=O)Oc2ccc3c(c2)C(C)c2cc(OC(=O)c4ccc(OC(=O)OCOC(=O)C(=C)C)cc4)ccc2-3)cc1. The zero-order valence-corrected chi connectivity index (χ0v) is 29.2. The van der Waals surface area contributed by atoms with Crippen LogP contribution in [0, 0.1) is 0 Å². The molecule has 0 atom stereocenters. The lowest BCUT2D eigenvalue weighted by Crippen LogP contribution is -2.16. The molecule has 0 unspecified atom stereocenters. The first-order valence-electron chi connectivity index (χ1n) is 16.1. The van der Waals surface area contributed by atoms with Gasteiger partial charge in [-0.05, 0) is 109 Å². The van der Waals surface area contributed by atoms with Crippen molar-refractivity contribution in [3.05, 3.63) is 131 Å². The van der Waals surface area contributed by atoms with Crippen LogP contribution < -0.4 is 18.9 Å². The molecule has 0 aromatic heterocycles. The van der Waals surface area contributed by atoms with Gasteiger partial charge in [-0.25, -0.2) is 28.8 Å². The highest BCUT2D eigenvalue weighted by atomic mass is 16.8. The maximum Gasteiger partial charge on any atom is 0.516 e. The average molecular weight is 737 g/mol. The molecule has 0 amide bonds. The molecule has 0 N–H and O–H groups in total. The van der Waals surface area contributed by atoms with Gasteiger partial charge in [-0.1, -0.05) is 32.2 Å². The van der Waals surface area contributed by atoms with Crippen molar-refractivity contribution in [2.24, 2.45) is 0 Å². The third kappa shape index (κ3) is 9.55. The molecule has 276 valence electrons. The van der Waals surface area contributed by atoms with Crippen LogP contribution in [0.15, 0.2) is 109 Å². The lowest BCUT2D eigenvalue weighted by molar-refractivity contribution is -0.148. The van der Waals surface area contributed by atoms with Crippen LogP contribution in [-0.4, -0.2) is 49.8 Å². The molecule has 14 heteroatoms. The Hall–Kier alpha value is -7.22. The number of ether oxygens (including phenoxy) is 8. The number of hydrogen-bond donors (Lipinski definition) is 0. The van der Waals surface area contributed by atoms with Gasteiger partial charge in [0.1, 0.15) is 23.0 Å². The molecule has 54 heavy (non-hydrogen) atoms. The summed E-state index contributed by atoms with van der Waals surface area (Å²) in [5, 5.41) is 0. The Labute approximate surface area is 308 Å². The summed E-state index contributed by atoms with van der Waals surface area (Å²) in [5.74, 6) is -2.07. The van der Waals surface area contributed by atoms with Crippen LogP contribution >= 0.6 is 0 Å². The Morgan fingerprint density at radius 2 is 0.852 bits per heavy atom. The second-order valence-corrected chi connectivity index (χ2v) is 11.7. The summed E-state index contributed by atoms with van der Waals surface area (Å²) in [4.78, 5) is 72.2. The van der Waals surface area contributed by atoms with Gasteiger partial charge in [0.15, 0.2) is 0 Å². The van der Waals surface area contributed by atoms with Crippen molar-refractivity contribution in [3.8, 4) is 34.1 Å². The highest BCUT2D eigenvalue weighted by Crippen LogP contribution is 2.47. The second-order valence-electron chi connectivity index (χ2n) is 11.7. The molecule has 0 aliphatic heterocycles. The van der Waals surface area contributed by atoms with E-state index in [9.17, 15) is 28.8 Å². The van der Waals surface area contributed by atoms with Gasteiger partial charge in [0.2, 0.25) is 13.6 Å². The summed E-state index contributed by atoms with van der Waals surface area (Å²) in [7, 11) is 0. The van der Waals surface area contributed by atoms with Gasteiger partial charge in [0.25, 0.3) is 0 Å². The molecule has 0 spiro atoms. The third-order valence-electron chi connectivity index (χ3n) is 7.70. The zero-order chi connectivity index (χ0) is 38.9. The fourth-order valence-electron chi connectivity index (χ4n) is 4.99. The van der Waals surface area contributed by atoms with Crippen LogP contribution in [0.5, 0.6) is 23.0 Å². The minimum Gasteiger partial charge on any atom is -0.424 e. The fraction of sp³-hybridized carbons (Fsp3) is 0.150. The van der Waals surface area contributed by atoms with Crippen molar-refractivity contribution in [3.63, 3.8) is 0 Å². The van der Waals surface area contributed by atoms with E-state index < -0.39 is 49.8 Å². The van der Waals surface area contributed by atoms with Crippen molar-refractivity contribution in [1.82, 2.24) is 0 Å². The van der Waals surface area contributed by atoms with Gasteiger partial charge >= 0.3 is 36.2 Å². The molecule has 1 aliphatic carbocycles. The Morgan fingerprint density at radius 1 is 0.500 bits per heavy atom. The van der Waals surface area contributed by atoms with Gasteiger partial charge in [-0.3, -0.25) is 0 Å². The summed E-state index contributed by atoms with van der Waals surface area (Å²) >= 11 is 0. The molecule has 0 fully saturated rings. The van der Waals surface area contributed by atoms with E-state index in [0.717, 1.165) is 22.3 Å². The van der Waals surface area contributed by atoms with E-state index in [4.69, 9.17) is 18.9 Å². The number of carbonyl (C=O) groups excluding carboxylic acids is 6. The normalized spacial score (nSPS) is 11.2. The number of esters is 4. The van der Waals surface area contributed by atoms with Crippen molar-refractivity contribution in [1.29, 1.82) is 0 Å². The van der Waals surface area contributed by atoms with E-state index in [1.807, 2.05) is 19.1 Å². The number of carbonyl (C=O) groups is 6. The lowest BCUT2D eigenvalue weighted by atomic mass is 9.99. The first-order valence-corrected chi connectivity index (χ1v) is 16.1. The summed E-state index contributed by atoms with van der Waals surface area (Å²) in [6, 6.07) is 21.7. The van der Waals surface area contributed by atoms with Gasteiger partial charge < -0.3 is 37.9 Å². The Balaban J connectivity index is 1.14. The van der Waals surface area contributed by atoms with Gasteiger partial charge in [0.05, 0.1) is 11.1 Å². The number of hydrogen-bond acceptors (Lipinski definition) is 14. The molecule has 0 radical (unpaired) electrons. The standard InChI is InChI=1S/C40H32O14/c1-22(2)35(41)47-20-49-39(45)53-27-10-6-25(7-11-27)37(43)51-29-14-16-31-32-17-15-30(19-34(32)24(5)33(31)18-29)52-38(44)26-8-12-28(13-9-26)54-40(46)50-21-48-36(42)23(3)4/h6-19,24H,1,3,20-21H2,2,4-5H3. The fourth-order valence-corrected chi connectivity index (χ4v) is 4.99. The molecular weight excluding hydrogens is 704 g/mol. The molecule has 5 rings (SSSR count). The topological polar surface area (TPSA) is 176 Å². The highest BCUT2D eigenvalue weighted by molar-refractivity contribution is 5.93. The largest absolute Gasteiger partial charge is 0.516 e. The van der Waals surface area contributed by atoms with Gasteiger partial charge in [-0.15, -0.1) is 0 Å². The number of benzene rings is 4. The molecule has 0 bridgehead atoms. The summed E-state index contributed by atoms with van der Waals surface area (Å²) in [5.41, 5.74) is 4.34. The Kier molecular flexibility index (Phi) is 11.9. The smallest absolute Gasteiger partial charge is 0.424 e. The quantitative estimate of drug-likeness (QED) is 0.0461. The first kappa shape index (κ1) is 38.0. The number of fused-ring (bicyclic) bond motifs is 3. The molecule has 4 aromatic rings. The van der Waals surface area contributed by atoms with E-state index in [1.165, 1.54) is 62.4 Å². The molecule has 4 aromatic carbocycles. The van der Waals surface area contributed by atoms with Crippen LogP contribution in [0.25, 0.3) is 11.1 Å². The maximum atomic E-state index is 12.9. The third-order valence-corrected chi connectivity index (χ3v) is 7.70. The van der Waals surface area contributed by atoms with Gasteiger partial charge in [-0.2, -0.15) is 0 Å². The maximum absolute atomic E-state index is 12.9. The van der Waals surface area contributed by atoms with Gasteiger partial charge in [0, 0.05) is 17.1 Å². The molecule has 0 saturated carbocycles. The molecule has 1 aliphatic rings. The van der Waals surface area contributed by atoms with Crippen molar-refractivity contribution in [2.75, 3.05) is 13.6 Å². The minimum absolute atomic E-state index is 0.0849. The monoisotopic (exact) mass is 736 g/mol. The molecule has 0 saturated heterocycles. The van der Waals surface area contributed by atoms with E-state index >= 15 is 0 Å². The second kappa shape index (κ2) is 16.9. The van der Waals surface area contributed by atoms with Crippen molar-refractivity contribution in [2.45, 2.75) is 26.7 Å². The Bertz CT molecular complexity index is 2000. The summed E-state index contributed by atoms with van der Waals surface area (Å²) in [6.07, 6.45) is -2.22. The van der Waals surface area contributed by atoms with Crippen LogP contribution in [0.2, 0.25) is 0 Å². The zero-order valence-electron chi connectivity index (χ0n) is 29.2. The van der Waals surface area contributed by atoms with Crippen LogP contribution in [0.1, 0.15) is 58.5 Å². The van der Waals surface area contributed by atoms with Crippen LogP contribution in [0.4, 0.5) is 9.59 Å². The number of rotatable bonds is 12. The average Bonchev–Trinajstić information content (AvgIpc) is 3.41. The van der Waals surface area contributed by atoms with Crippen LogP contribution in [-0.2, 0) is 28.5 Å². The predicted octanol–water partition coefficient (Wildman–Crippen LogP) is 7.44. The van der Waals surface area contributed by atoms with Crippen LogP contribution in [0.3, 0.4) is 0 Å². The molecule has 0 heterocycles. The minimum atomic E-state index is -1.11. The van der Waals surface area contributed by atoms with Crippen molar-refractivity contribution >= 4 is 36.2 Å². The lowest BCUT2D eigenvalue weighted by Gasteiger charge is -2.10. The predicted molar refractivity (Wildman–Crippen MR) is 188 cm³/mol. The summed E-state index contributed by atoms with van der Waals surface area (Å²) in [6.45, 7) is 10.4. The van der Waals surface area contributed by atoms with Crippen molar-refractivity contribution < 1.29 is 66.7 Å². The van der Waals surface area contributed by atoms with E-state index in [1.54, 1.807) is 24.3 Å². The van der Waals surface area contributed by atoms with E-state index in [0.29, 0.717) is 11.5 Å². The highest BCUT2D eigenvalue weighted by Gasteiger charge is 2.27. The summed E-state index contributed by atoms with van der Waals surface area (Å²) < 4.78 is 40.0.